The number of nitrogens with zero attached hydrogens (tertiary/aromatic N) is 2. The van der Waals surface area contributed by atoms with Crippen LogP contribution in [0.3, 0.4) is 0 Å². The van der Waals surface area contributed by atoms with E-state index in [2.05, 4.69) is 217 Å². The number of hydrogen-bond acceptors (Lipinski definition) is 1. The van der Waals surface area contributed by atoms with Crippen molar-refractivity contribution >= 4 is 38.9 Å². The van der Waals surface area contributed by atoms with Crippen molar-refractivity contribution in [3.63, 3.8) is 0 Å². The minimum absolute atomic E-state index is 0.00951. The summed E-state index contributed by atoms with van der Waals surface area (Å²) in [6.07, 6.45) is 0. The van der Waals surface area contributed by atoms with Gasteiger partial charge in [0.1, 0.15) is 0 Å². The Balaban J connectivity index is 0.996. The second-order valence-corrected chi connectivity index (χ2v) is 14.6. The highest BCUT2D eigenvalue weighted by atomic mass is 15.1. The van der Waals surface area contributed by atoms with Crippen molar-refractivity contribution in [2.75, 3.05) is 4.90 Å². The summed E-state index contributed by atoms with van der Waals surface area (Å²) in [4.78, 5) is 2.34. The van der Waals surface area contributed by atoms with E-state index in [0.29, 0.717) is 0 Å². The molecule has 0 saturated carbocycles. The van der Waals surface area contributed by atoms with Gasteiger partial charge in [-0.1, -0.05) is 135 Å². The first kappa shape index (κ1) is 31.1. The maximum absolute atomic E-state index is 2.38. The Morgan fingerprint density at radius 1 is 0.377 bits per heavy atom. The predicted octanol–water partition coefficient (Wildman–Crippen LogP) is 13.9. The lowest BCUT2D eigenvalue weighted by molar-refractivity contribution is 0.660. The van der Waals surface area contributed by atoms with Gasteiger partial charge in [-0.15, -0.1) is 0 Å². The molecule has 0 fully saturated rings. The molecule has 0 radical (unpaired) electrons. The summed E-state index contributed by atoms with van der Waals surface area (Å²) in [7, 11) is 0. The molecule has 2 nitrogen and oxygen atoms in total. The molecule has 0 spiro atoms. The largest absolute Gasteiger partial charge is 0.311 e. The van der Waals surface area contributed by atoms with Crippen LogP contribution in [0.15, 0.2) is 194 Å². The standard InChI is InChI=1S/C51H38N2/c1-51(2)47-19-11-9-17-43(47)45-33-37(25-31-48(45)51)35-21-27-41(28-22-35)52(39-13-5-3-6-14-39)42-29-23-36(24-30-42)38-26-32-50-46(34-38)44-18-10-12-20-49(44)53(50)40-15-7-4-8-16-40/h3-34H,1-2H3. The molecule has 0 amide bonds. The minimum atomic E-state index is 0.00951. The fourth-order valence-electron chi connectivity index (χ4n) is 8.54. The van der Waals surface area contributed by atoms with Crippen LogP contribution in [0.2, 0.25) is 0 Å². The highest BCUT2D eigenvalue weighted by molar-refractivity contribution is 6.10. The molecule has 0 bridgehead atoms. The molecule has 0 saturated heterocycles. The van der Waals surface area contributed by atoms with Crippen molar-refractivity contribution in [2.24, 2.45) is 0 Å². The molecule has 0 aliphatic heterocycles. The topological polar surface area (TPSA) is 8.17 Å². The van der Waals surface area contributed by atoms with Gasteiger partial charge in [-0.2, -0.15) is 0 Å². The van der Waals surface area contributed by atoms with Crippen LogP contribution in [0.5, 0.6) is 0 Å². The van der Waals surface area contributed by atoms with Crippen molar-refractivity contribution in [3.8, 4) is 39.1 Å². The summed E-state index contributed by atoms with van der Waals surface area (Å²) in [5, 5.41) is 2.52. The summed E-state index contributed by atoms with van der Waals surface area (Å²) < 4.78 is 2.37. The van der Waals surface area contributed by atoms with E-state index in [0.717, 1.165) is 17.1 Å². The average Bonchev–Trinajstić information content (AvgIpc) is 3.67. The Kier molecular flexibility index (Phi) is 7.19. The number of fused-ring (bicyclic) bond motifs is 6. The van der Waals surface area contributed by atoms with Crippen LogP contribution in [0, 0.1) is 0 Å². The molecular formula is C51H38N2. The zero-order valence-corrected chi connectivity index (χ0v) is 29.9. The molecule has 10 rings (SSSR count). The normalized spacial score (nSPS) is 12.9. The van der Waals surface area contributed by atoms with E-state index in [1.54, 1.807) is 0 Å². The summed E-state index contributed by atoms with van der Waals surface area (Å²) >= 11 is 0. The van der Waals surface area contributed by atoms with Gasteiger partial charge in [-0.3, -0.25) is 0 Å². The number of anilines is 3. The number of benzene rings is 8. The van der Waals surface area contributed by atoms with E-state index >= 15 is 0 Å². The first-order valence-electron chi connectivity index (χ1n) is 18.4. The van der Waals surface area contributed by atoms with E-state index in [9.17, 15) is 0 Å². The molecular weight excluding hydrogens is 641 g/mol. The lowest BCUT2D eigenvalue weighted by Crippen LogP contribution is -2.14. The average molecular weight is 679 g/mol. The van der Waals surface area contributed by atoms with Crippen LogP contribution in [0.25, 0.3) is 60.9 Å². The third-order valence-corrected chi connectivity index (χ3v) is 11.2. The van der Waals surface area contributed by atoms with Crippen LogP contribution in [0.4, 0.5) is 17.1 Å². The summed E-state index contributed by atoms with van der Waals surface area (Å²) in [6, 6.07) is 70.7. The van der Waals surface area contributed by atoms with Gasteiger partial charge in [0.2, 0.25) is 0 Å². The second kappa shape index (κ2) is 12.3. The van der Waals surface area contributed by atoms with Gasteiger partial charge in [0.25, 0.3) is 0 Å². The Morgan fingerprint density at radius 3 is 1.60 bits per heavy atom. The van der Waals surface area contributed by atoms with E-state index < -0.39 is 0 Å². The minimum Gasteiger partial charge on any atom is -0.311 e. The van der Waals surface area contributed by atoms with Crippen molar-refractivity contribution in [1.29, 1.82) is 0 Å². The van der Waals surface area contributed by atoms with Gasteiger partial charge in [-0.05, 0) is 117 Å². The van der Waals surface area contributed by atoms with Gasteiger partial charge in [0, 0.05) is 38.9 Å². The maximum Gasteiger partial charge on any atom is 0.0541 e. The highest BCUT2D eigenvalue weighted by Crippen LogP contribution is 2.49. The fourth-order valence-corrected chi connectivity index (χ4v) is 8.54. The van der Waals surface area contributed by atoms with Crippen LogP contribution < -0.4 is 4.90 Å². The molecule has 1 aliphatic carbocycles. The first-order chi connectivity index (χ1) is 26.0. The molecule has 1 heterocycles. The molecule has 9 aromatic rings. The number of rotatable bonds is 6. The second-order valence-electron chi connectivity index (χ2n) is 14.6. The molecule has 0 N–H and O–H groups in total. The quantitative estimate of drug-likeness (QED) is 0.170. The van der Waals surface area contributed by atoms with Crippen LogP contribution >= 0.6 is 0 Å². The zero-order chi connectivity index (χ0) is 35.5. The summed E-state index contributed by atoms with van der Waals surface area (Å²) in [5.41, 5.74) is 17.3. The summed E-state index contributed by atoms with van der Waals surface area (Å²) in [5.74, 6) is 0. The molecule has 1 aromatic heterocycles. The van der Waals surface area contributed by atoms with Crippen molar-refractivity contribution < 1.29 is 0 Å². The predicted molar refractivity (Wildman–Crippen MR) is 224 cm³/mol. The van der Waals surface area contributed by atoms with Crippen molar-refractivity contribution in [2.45, 2.75) is 19.3 Å². The third kappa shape index (κ3) is 5.10. The summed E-state index contributed by atoms with van der Waals surface area (Å²) in [6.45, 7) is 4.67. The van der Waals surface area contributed by atoms with Gasteiger partial charge >= 0.3 is 0 Å². The van der Waals surface area contributed by atoms with Gasteiger partial charge in [0.05, 0.1) is 11.0 Å². The number of para-hydroxylation sites is 3. The van der Waals surface area contributed by atoms with Crippen LogP contribution in [-0.2, 0) is 5.41 Å². The monoisotopic (exact) mass is 678 g/mol. The maximum atomic E-state index is 2.38. The highest BCUT2D eigenvalue weighted by Gasteiger charge is 2.35. The van der Waals surface area contributed by atoms with Crippen LogP contribution in [0.1, 0.15) is 25.0 Å². The first-order valence-corrected chi connectivity index (χ1v) is 18.4. The molecule has 0 unspecified atom stereocenters. The van der Waals surface area contributed by atoms with Crippen LogP contribution in [-0.4, -0.2) is 4.57 Å². The third-order valence-electron chi connectivity index (χ3n) is 11.2. The van der Waals surface area contributed by atoms with Gasteiger partial charge in [-0.25, -0.2) is 0 Å². The van der Waals surface area contributed by atoms with E-state index in [1.165, 1.54) is 72.0 Å². The Bertz CT molecular complexity index is 2770. The number of hydrogen-bond donors (Lipinski definition) is 0. The SMILES string of the molecule is CC1(C)c2ccccc2-c2cc(-c3ccc(N(c4ccccc4)c4ccc(-c5ccc6c(c5)c5ccccc5n6-c5ccccc5)cc4)cc3)ccc21. The molecule has 0 atom stereocenters. The zero-order valence-electron chi connectivity index (χ0n) is 29.9. The van der Waals surface area contributed by atoms with Crippen molar-refractivity contribution in [1.82, 2.24) is 4.57 Å². The lowest BCUT2D eigenvalue weighted by Gasteiger charge is -2.26. The van der Waals surface area contributed by atoms with E-state index in [1.807, 2.05) is 0 Å². The Hall–Kier alpha value is -6.64. The molecule has 252 valence electrons. The molecule has 1 aliphatic rings. The smallest absolute Gasteiger partial charge is 0.0541 e. The Morgan fingerprint density at radius 2 is 0.887 bits per heavy atom. The number of aromatic nitrogens is 1. The van der Waals surface area contributed by atoms with Crippen molar-refractivity contribution in [3.05, 3.63) is 205 Å². The molecule has 2 heteroatoms. The van der Waals surface area contributed by atoms with E-state index in [-0.39, 0.29) is 5.41 Å². The fraction of sp³-hybridized carbons (Fsp3) is 0.0588. The Labute approximate surface area is 310 Å². The van der Waals surface area contributed by atoms with Gasteiger partial charge < -0.3 is 9.47 Å². The van der Waals surface area contributed by atoms with Gasteiger partial charge in [0.15, 0.2) is 0 Å². The molecule has 53 heavy (non-hydrogen) atoms. The molecule has 8 aromatic carbocycles. The van der Waals surface area contributed by atoms with E-state index in [4.69, 9.17) is 0 Å². The lowest BCUT2D eigenvalue weighted by atomic mass is 9.82.